The molecule has 4 nitrogen and oxygen atoms in total. The van der Waals surface area contributed by atoms with Gasteiger partial charge in [-0.05, 0) is 29.7 Å². The Kier molecular flexibility index (Phi) is 5.76. The van der Waals surface area contributed by atoms with Crippen molar-refractivity contribution in [3.63, 3.8) is 0 Å². The summed E-state index contributed by atoms with van der Waals surface area (Å²) in [6, 6.07) is 14.4. The number of aryl methyl sites for hydroxylation is 1. The lowest BCUT2D eigenvalue weighted by molar-refractivity contribution is 0.789. The van der Waals surface area contributed by atoms with Gasteiger partial charge in [0.15, 0.2) is 5.96 Å². The lowest BCUT2D eigenvalue weighted by atomic mass is 10.1. The number of aliphatic imine (C=N–C) groups is 1. The number of hydrogen-bond acceptors (Lipinski definition) is 2. The fraction of sp³-hybridized carbons (Fsp3) is 0.294. The number of benzene rings is 1. The van der Waals surface area contributed by atoms with Crippen molar-refractivity contribution in [2.75, 3.05) is 7.05 Å². The number of nitrogens with one attached hydrogen (secondary N) is 2. The van der Waals surface area contributed by atoms with Gasteiger partial charge in [-0.3, -0.25) is 9.98 Å². The van der Waals surface area contributed by atoms with Gasteiger partial charge in [0, 0.05) is 19.8 Å². The van der Waals surface area contributed by atoms with Crippen LogP contribution in [0.4, 0.5) is 0 Å². The maximum Gasteiger partial charge on any atom is 0.191 e. The molecule has 0 aliphatic carbocycles. The molecule has 0 atom stereocenters. The molecule has 21 heavy (non-hydrogen) atoms. The summed E-state index contributed by atoms with van der Waals surface area (Å²) in [5, 5.41) is 6.61. The minimum Gasteiger partial charge on any atom is -0.352 e. The number of hydrogen-bond donors (Lipinski definition) is 2. The topological polar surface area (TPSA) is 49.3 Å². The van der Waals surface area contributed by atoms with Crippen molar-refractivity contribution in [2.45, 2.75) is 26.4 Å². The van der Waals surface area contributed by atoms with Crippen LogP contribution in [0.1, 0.15) is 23.7 Å². The Labute approximate surface area is 126 Å². The predicted octanol–water partition coefficient (Wildman–Crippen LogP) is 2.51. The van der Waals surface area contributed by atoms with Crippen molar-refractivity contribution in [2.24, 2.45) is 4.99 Å². The van der Waals surface area contributed by atoms with Crippen molar-refractivity contribution in [3.05, 3.63) is 65.5 Å². The Balaban J connectivity index is 1.88. The molecule has 0 spiro atoms. The average molecular weight is 282 g/mol. The molecule has 1 aromatic heterocycles. The Morgan fingerprint density at radius 1 is 1.00 bits per heavy atom. The van der Waals surface area contributed by atoms with E-state index < -0.39 is 0 Å². The lowest BCUT2D eigenvalue weighted by Crippen LogP contribution is -2.36. The summed E-state index contributed by atoms with van der Waals surface area (Å²) < 4.78 is 0. The molecule has 110 valence electrons. The molecular formula is C17H22N4. The molecule has 0 radical (unpaired) electrons. The molecule has 0 amide bonds. The number of guanidine groups is 1. The van der Waals surface area contributed by atoms with Crippen molar-refractivity contribution in [3.8, 4) is 0 Å². The molecule has 1 heterocycles. The largest absolute Gasteiger partial charge is 0.352 e. The Bertz CT molecular complexity index is 578. The van der Waals surface area contributed by atoms with Crippen molar-refractivity contribution >= 4 is 5.96 Å². The third-order valence-electron chi connectivity index (χ3n) is 3.33. The highest BCUT2D eigenvalue weighted by Gasteiger charge is 2.02. The summed E-state index contributed by atoms with van der Waals surface area (Å²) in [6.45, 7) is 3.61. The second kappa shape index (κ2) is 8.04. The molecule has 0 saturated carbocycles. The van der Waals surface area contributed by atoms with Crippen LogP contribution in [-0.2, 0) is 19.5 Å². The van der Waals surface area contributed by atoms with E-state index in [1.807, 2.05) is 18.2 Å². The van der Waals surface area contributed by atoms with Gasteiger partial charge in [-0.25, -0.2) is 0 Å². The highest BCUT2D eigenvalue weighted by Crippen LogP contribution is 2.08. The van der Waals surface area contributed by atoms with Gasteiger partial charge in [-0.15, -0.1) is 0 Å². The second-order valence-electron chi connectivity index (χ2n) is 4.72. The van der Waals surface area contributed by atoms with E-state index in [-0.39, 0.29) is 0 Å². The Morgan fingerprint density at radius 2 is 1.71 bits per heavy atom. The average Bonchev–Trinajstić information content (AvgIpc) is 2.56. The molecule has 0 fully saturated rings. The molecule has 0 aliphatic heterocycles. The normalized spacial score (nSPS) is 11.2. The van der Waals surface area contributed by atoms with Gasteiger partial charge < -0.3 is 10.6 Å². The first kappa shape index (κ1) is 15.0. The first-order valence-corrected chi connectivity index (χ1v) is 7.24. The number of rotatable bonds is 5. The fourth-order valence-electron chi connectivity index (χ4n) is 2.15. The maximum absolute atomic E-state index is 4.29. The molecule has 0 unspecified atom stereocenters. The highest BCUT2D eigenvalue weighted by molar-refractivity contribution is 5.79. The molecule has 2 rings (SSSR count). The summed E-state index contributed by atoms with van der Waals surface area (Å²) in [6.07, 6.45) is 2.84. The molecule has 4 heteroatoms. The molecule has 0 saturated heterocycles. The molecule has 2 N–H and O–H groups in total. The van der Waals surface area contributed by atoms with Crippen LogP contribution in [0.15, 0.2) is 53.7 Å². The predicted molar refractivity (Wildman–Crippen MR) is 87.1 cm³/mol. The van der Waals surface area contributed by atoms with E-state index in [0.29, 0.717) is 6.54 Å². The van der Waals surface area contributed by atoms with Crippen molar-refractivity contribution in [1.82, 2.24) is 15.6 Å². The van der Waals surface area contributed by atoms with Crippen LogP contribution < -0.4 is 10.6 Å². The smallest absolute Gasteiger partial charge is 0.191 e. The van der Waals surface area contributed by atoms with Gasteiger partial charge in [0.05, 0.1) is 12.2 Å². The van der Waals surface area contributed by atoms with E-state index in [0.717, 1.165) is 24.6 Å². The van der Waals surface area contributed by atoms with Gasteiger partial charge in [0.1, 0.15) is 0 Å². The van der Waals surface area contributed by atoms with E-state index in [2.05, 4.69) is 51.8 Å². The Morgan fingerprint density at radius 3 is 2.38 bits per heavy atom. The minimum absolute atomic E-state index is 0.663. The number of nitrogens with zero attached hydrogens (tertiary/aromatic N) is 2. The van der Waals surface area contributed by atoms with Crippen molar-refractivity contribution in [1.29, 1.82) is 0 Å². The van der Waals surface area contributed by atoms with Gasteiger partial charge in [0.2, 0.25) is 0 Å². The van der Waals surface area contributed by atoms with Gasteiger partial charge in [0.25, 0.3) is 0 Å². The number of pyridine rings is 1. The molecule has 1 aromatic carbocycles. The first-order valence-electron chi connectivity index (χ1n) is 7.24. The summed E-state index contributed by atoms with van der Waals surface area (Å²) in [4.78, 5) is 8.53. The molecular weight excluding hydrogens is 260 g/mol. The summed E-state index contributed by atoms with van der Waals surface area (Å²) in [5.74, 6) is 0.784. The standard InChI is InChI=1S/C17H22N4/c1-3-14-8-4-5-9-15(14)12-20-17(18-2)21-13-16-10-6-7-11-19-16/h4-11H,3,12-13H2,1-2H3,(H2,18,20,21). The van der Waals surface area contributed by atoms with E-state index in [1.54, 1.807) is 13.2 Å². The van der Waals surface area contributed by atoms with E-state index in [1.165, 1.54) is 11.1 Å². The van der Waals surface area contributed by atoms with Crippen LogP contribution in [0.3, 0.4) is 0 Å². The second-order valence-corrected chi connectivity index (χ2v) is 4.72. The van der Waals surface area contributed by atoms with Crippen molar-refractivity contribution < 1.29 is 0 Å². The van der Waals surface area contributed by atoms with E-state index >= 15 is 0 Å². The third kappa shape index (κ3) is 4.60. The summed E-state index contributed by atoms with van der Waals surface area (Å²) in [7, 11) is 1.78. The zero-order valence-corrected chi connectivity index (χ0v) is 12.6. The summed E-state index contributed by atoms with van der Waals surface area (Å²) in [5.41, 5.74) is 3.67. The molecule has 0 aliphatic rings. The monoisotopic (exact) mass is 282 g/mol. The third-order valence-corrected chi connectivity index (χ3v) is 3.33. The summed E-state index contributed by atoms with van der Waals surface area (Å²) >= 11 is 0. The SMILES string of the molecule is CCc1ccccc1CNC(=NC)NCc1ccccn1. The Hall–Kier alpha value is -2.36. The molecule has 2 aromatic rings. The number of aromatic nitrogens is 1. The van der Waals surface area contributed by atoms with E-state index in [9.17, 15) is 0 Å². The van der Waals surface area contributed by atoms with Crippen LogP contribution >= 0.6 is 0 Å². The van der Waals surface area contributed by atoms with Crippen LogP contribution in [0, 0.1) is 0 Å². The van der Waals surface area contributed by atoms with Crippen LogP contribution in [0.2, 0.25) is 0 Å². The fourth-order valence-corrected chi connectivity index (χ4v) is 2.15. The van der Waals surface area contributed by atoms with Gasteiger partial charge in [-0.2, -0.15) is 0 Å². The molecule has 0 bridgehead atoms. The van der Waals surface area contributed by atoms with Crippen LogP contribution in [0.25, 0.3) is 0 Å². The quantitative estimate of drug-likeness (QED) is 0.654. The van der Waals surface area contributed by atoms with Gasteiger partial charge in [-0.1, -0.05) is 37.3 Å². The minimum atomic E-state index is 0.663. The first-order chi connectivity index (χ1) is 10.3. The maximum atomic E-state index is 4.29. The van der Waals surface area contributed by atoms with Crippen LogP contribution in [0.5, 0.6) is 0 Å². The lowest BCUT2D eigenvalue weighted by Gasteiger charge is -2.13. The van der Waals surface area contributed by atoms with Crippen LogP contribution in [-0.4, -0.2) is 18.0 Å². The van der Waals surface area contributed by atoms with E-state index in [4.69, 9.17) is 0 Å². The van der Waals surface area contributed by atoms with Gasteiger partial charge >= 0.3 is 0 Å². The zero-order chi connectivity index (χ0) is 14.9. The zero-order valence-electron chi connectivity index (χ0n) is 12.6. The highest BCUT2D eigenvalue weighted by atomic mass is 15.2.